The van der Waals surface area contributed by atoms with Gasteiger partial charge >= 0.3 is 0 Å². The Hall–Kier alpha value is -3.13. The van der Waals surface area contributed by atoms with Gasteiger partial charge in [-0.1, -0.05) is 12.1 Å². The lowest BCUT2D eigenvalue weighted by molar-refractivity contribution is -0.116. The number of nitrogens with one attached hydrogen (secondary N) is 2. The molecule has 1 aromatic heterocycles. The Balaban J connectivity index is 1.80. The van der Waals surface area contributed by atoms with Crippen LogP contribution in [0.2, 0.25) is 0 Å². The van der Waals surface area contributed by atoms with Crippen molar-refractivity contribution in [2.24, 2.45) is 0 Å². The third kappa shape index (κ3) is 3.92. The molecule has 0 aliphatic carbocycles. The minimum Gasteiger partial charge on any atom is -0.506 e. The molecule has 8 heteroatoms. The molecule has 0 saturated carbocycles. The summed E-state index contributed by atoms with van der Waals surface area (Å²) in [6.45, 7) is 2.47. The molecule has 3 aromatic rings. The van der Waals surface area contributed by atoms with Crippen LogP contribution in [0.5, 0.6) is 11.5 Å². The van der Waals surface area contributed by atoms with Crippen LogP contribution >= 0.6 is 12.2 Å². The van der Waals surface area contributed by atoms with Crippen molar-refractivity contribution < 1.29 is 14.6 Å². The van der Waals surface area contributed by atoms with Crippen molar-refractivity contribution in [1.29, 1.82) is 0 Å². The number of hydrogen-bond donors (Lipinski definition) is 3. The van der Waals surface area contributed by atoms with Crippen molar-refractivity contribution in [2.75, 3.05) is 11.9 Å². The normalized spacial score (nSPS) is 10.5. The van der Waals surface area contributed by atoms with E-state index >= 15 is 0 Å². The summed E-state index contributed by atoms with van der Waals surface area (Å²) in [5.74, 6) is 0.985. The molecular weight excluding hydrogens is 352 g/mol. The van der Waals surface area contributed by atoms with Crippen LogP contribution < -0.4 is 10.1 Å². The average Bonchev–Trinajstić information content (AvgIpc) is 2.99. The fourth-order valence-electron chi connectivity index (χ4n) is 2.46. The Morgan fingerprint density at radius 3 is 2.69 bits per heavy atom. The average molecular weight is 370 g/mol. The number of nitrogens with zero attached hydrogens (tertiary/aromatic N) is 2. The van der Waals surface area contributed by atoms with Crippen LogP contribution in [0.25, 0.3) is 11.4 Å². The first-order chi connectivity index (χ1) is 12.6. The molecule has 0 spiro atoms. The summed E-state index contributed by atoms with van der Waals surface area (Å²) in [5, 5.41) is 19.4. The maximum atomic E-state index is 12.4. The zero-order valence-electron chi connectivity index (χ0n) is 14.1. The van der Waals surface area contributed by atoms with E-state index in [-0.39, 0.29) is 18.2 Å². The van der Waals surface area contributed by atoms with Crippen molar-refractivity contribution in [3.63, 3.8) is 0 Å². The van der Waals surface area contributed by atoms with E-state index in [0.717, 1.165) is 11.3 Å². The van der Waals surface area contributed by atoms with Crippen LogP contribution in [0.3, 0.4) is 0 Å². The summed E-state index contributed by atoms with van der Waals surface area (Å²) < 4.78 is 7.36. The quantitative estimate of drug-likeness (QED) is 0.457. The maximum Gasteiger partial charge on any atom is 0.244 e. The summed E-state index contributed by atoms with van der Waals surface area (Å²) >= 11 is 5.24. The molecule has 1 heterocycles. The van der Waals surface area contributed by atoms with Crippen LogP contribution in [-0.4, -0.2) is 32.4 Å². The molecule has 0 unspecified atom stereocenters. The molecular formula is C18H18N4O3S. The number of para-hydroxylation sites is 2. The van der Waals surface area contributed by atoms with Gasteiger partial charge in [0.25, 0.3) is 0 Å². The van der Waals surface area contributed by atoms with Gasteiger partial charge in [0, 0.05) is 5.56 Å². The van der Waals surface area contributed by atoms with Gasteiger partial charge in [0.15, 0.2) is 10.6 Å². The predicted molar refractivity (Wildman–Crippen MR) is 101 cm³/mol. The predicted octanol–water partition coefficient (Wildman–Crippen LogP) is 3.35. The third-order valence-corrected chi connectivity index (χ3v) is 3.97. The summed E-state index contributed by atoms with van der Waals surface area (Å²) in [6.07, 6.45) is 0. The summed E-state index contributed by atoms with van der Waals surface area (Å²) in [4.78, 5) is 12.4. The highest BCUT2D eigenvalue weighted by atomic mass is 32.1. The number of benzene rings is 2. The van der Waals surface area contributed by atoms with Crippen LogP contribution in [0.15, 0.2) is 48.5 Å². The molecule has 26 heavy (non-hydrogen) atoms. The number of carbonyl (C=O) groups is 1. The Morgan fingerprint density at radius 1 is 1.27 bits per heavy atom. The first kappa shape index (κ1) is 17.7. The van der Waals surface area contributed by atoms with E-state index in [2.05, 4.69) is 15.5 Å². The molecule has 0 aliphatic heterocycles. The van der Waals surface area contributed by atoms with Crippen LogP contribution in [-0.2, 0) is 11.3 Å². The van der Waals surface area contributed by atoms with Crippen molar-refractivity contribution >= 4 is 23.8 Å². The van der Waals surface area contributed by atoms with E-state index in [1.54, 1.807) is 22.8 Å². The molecule has 3 N–H and O–H groups in total. The number of aromatic nitrogens is 3. The minimum absolute atomic E-state index is 0.00313. The highest BCUT2D eigenvalue weighted by molar-refractivity contribution is 7.71. The van der Waals surface area contributed by atoms with Gasteiger partial charge in [0.05, 0.1) is 12.3 Å². The van der Waals surface area contributed by atoms with E-state index in [1.165, 1.54) is 6.07 Å². The van der Waals surface area contributed by atoms with Gasteiger partial charge in [0.2, 0.25) is 5.91 Å². The topological polar surface area (TPSA) is 92.2 Å². The highest BCUT2D eigenvalue weighted by Crippen LogP contribution is 2.23. The molecule has 0 atom stereocenters. The first-order valence-corrected chi connectivity index (χ1v) is 8.45. The van der Waals surface area contributed by atoms with Crippen molar-refractivity contribution in [3.05, 3.63) is 53.3 Å². The molecule has 0 fully saturated rings. The summed E-state index contributed by atoms with van der Waals surface area (Å²) in [5.41, 5.74) is 1.14. The lowest BCUT2D eigenvalue weighted by Gasteiger charge is -2.10. The second kappa shape index (κ2) is 7.83. The molecule has 3 rings (SSSR count). The van der Waals surface area contributed by atoms with Crippen LogP contribution in [0.4, 0.5) is 5.69 Å². The van der Waals surface area contributed by atoms with Crippen LogP contribution in [0, 0.1) is 4.77 Å². The van der Waals surface area contributed by atoms with E-state index in [0.29, 0.717) is 22.9 Å². The molecule has 2 aromatic carbocycles. The zero-order valence-corrected chi connectivity index (χ0v) is 14.9. The number of ether oxygens (including phenoxy) is 1. The highest BCUT2D eigenvalue weighted by Gasteiger charge is 2.13. The van der Waals surface area contributed by atoms with E-state index < -0.39 is 0 Å². The number of aromatic amines is 1. The number of rotatable bonds is 6. The van der Waals surface area contributed by atoms with Crippen molar-refractivity contribution in [2.45, 2.75) is 13.5 Å². The van der Waals surface area contributed by atoms with Gasteiger partial charge in [-0.25, -0.2) is 0 Å². The van der Waals surface area contributed by atoms with Crippen molar-refractivity contribution in [1.82, 2.24) is 14.8 Å². The number of phenolic OH excluding ortho intramolecular Hbond substituents is 1. The monoisotopic (exact) mass is 370 g/mol. The van der Waals surface area contributed by atoms with Gasteiger partial charge in [0.1, 0.15) is 18.0 Å². The Labute approximate surface area is 155 Å². The van der Waals surface area contributed by atoms with Gasteiger partial charge in [-0.3, -0.25) is 14.5 Å². The number of amides is 1. The fraction of sp³-hybridized carbons (Fsp3) is 0.167. The zero-order chi connectivity index (χ0) is 18.5. The summed E-state index contributed by atoms with van der Waals surface area (Å²) in [7, 11) is 0. The van der Waals surface area contributed by atoms with Gasteiger partial charge < -0.3 is 15.2 Å². The molecule has 0 radical (unpaired) electrons. The van der Waals surface area contributed by atoms with Gasteiger partial charge in [-0.15, -0.1) is 0 Å². The molecule has 1 amide bonds. The number of carbonyl (C=O) groups excluding carboxylic acids is 1. The minimum atomic E-state index is -0.323. The number of H-pyrrole nitrogens is 1. The number of hydrogen-bond acceptors (Lipinski definition) is 5. The lowest BCUT2D eigenvalue weighted by Crippen LogP contribution is -2.19. The molecule has 134 valence electrons. The van der Waals surface area contributed by atoms with Gasteiger partial charge in [-0.2, -0.15) is 5.10 Å². The van der Waals surface area contributed by atoms with E-state index in [4.69, 9.17) is 17.0 Å². The smallest absolute Gasteiger partial charge is 0.244 e. The largest absolute Gasteiger partial charge is 0.506 e. The number of phenols is 1. The maximum absolute atomic E-state index is 12.4. The lowest BCUT2D eigenvalue weighted by atomic mass is 10.2. The Bertz CT molecular complexity index is 963. The second-order valence-corrected chi connectivity index (χ2v) is 5.85. The molecule has 7 nitrogen and oxygen atoms in total. The van der Waals surface area contributed by atoms with E-state index in [1.807, 2.05) is 31.2 Å². The Morgan fingerprint density at radius 2 is 2.00 bits per heavy atom. The first-order valence-electron chi connectivity index (χ1n) is 8.04. The number of aromatic hydroxyl groups is 1. The SMILES string of the molecule is CCOc1ccc(-c2n[nH]c(=S)n2CC(=O)Nc2ccccc2O)cc1. The van der Waals surface area contributed by atoms with E-state index in [9.17, 15) is 9.90 Å². The second-order valence-electron chi connectivity index (χ2n) is 5.46. The van der Waals surface area contributed by atoms with Gasteiger partial charge in [-0.05, 0) is 55.5 Å². The Kier molecular flexibility index (Phi) is 5.33. The molecule has 0 saturated heterocycles. The standard InChI is InChI=1S/C18H18N4O3S/c1-2-25-13-9-7-12(8-10-13)17-20-21-18(26)22(17)11-16(24)19-14-5-3-4-6-15(14)23/h3-10,23H,2,11H2,1H3,(H,19,24)(H,21,26). The third-order valence-electron chi connectivity index (χ3n) is 3.66. The van der Waals surface area contributed by atoms with Crippen molar-refractivity contribution in [3.8, 4) is 22.9 Å². The van der Waals surface area contributed by atoms with Crippen LogP contribution in [0.1, 0.15) is 6.92 Å². The molecule has 0 aliphatic rings. The summed E-state index contributed by atoms with van der Waals surface area (Å²) in [6, 6.07) is 13.9. The fourth-order valence-corrected chi connectivity index (χ4v) is 2.66. The molecule has 0 bridgehead atoms. The number of anilines is 1.